The van der Waals surface area contributed by atoms with Crippen molar-refractivity contribution in [3.8, 4) is 6.19 Å². The van der Waals surface area contributed by atoms with E-state index in [1.54, 1.807) is 11.0 Å². The second-order valence-electron chi connectivity index (χ2n) is 6.34. The molecule has 0 unspecified atom stereocenters. The van der Waals surface area contributed by atoms with E-state index in [0.717, 1.165) is 13.0 Å². The first-order valence-electron chi connectivity index (χ1n) is 6.20. The van der Waals surface area contributed by atoms with Gasteiger partial charge in [0.1, 0.15) is 0 Å². The fraction of sp³-hybridized carbons (Fsp3) is 0.786. The van der Waals surface area contributed by atoms with Crippen molar-refractivity contribution in [1.82, 2.24) is 4.90 Å². The predicted octanol–water partition coefficient (Wildman–Crippen LogP) is 2.39. The highest BCUT2D eigenvalue weighted by molar-refractivity contribution is 5.08. The molecule has 0 amide bonds. The zero-order valence-electron chi connectivity index (χ0n) is 11.4. The first kappa shape index (κ1) is 14.1. The molecule has 0 saturated heterocycles. The summed E-state index contributed by atoms with van der Waals surface area (Å²) in [6, 6.07) is 0. The molecule has 0 aromatic heterocycles. The van der Waals surface area contributed by atoms with E-state index in [1.165, 1.54) is 0 Å². The Morgan fingerprint density at radius 2 is 2.06 bits per heavy atom. The standard InChI is InChI=1S/C14H24N2O/c1-6-7-16(10-15)9-12-11(14(12,4)5)8-13(2,3)17/h6,11-12,17H,1,7-9H2,2-5H3/t11-,12-/m1/s1. The second-order valence-corrected chi connectivity index (χ2v) is 6.34. The van der Waals surface area contributed by atoms with Crippen molar-refractivity contribution in [2.24, 2.45) is 17.3 Å². The molecule has 1 aliphatic rings. The van der Waals surface area contributed by atoms with Crippen LogP contribution in [0.3, 0.4) is 0 Å². The van der Waals surface area contributed by atoms with Crippen LogP contribution >= 0.6 is 0 Å². The highest BCUT2D eigenvalue weighted by Crippen LogP contribution is 2.61. The fourth-order valence-corrected chi connectivity index (χ4v) is 2.71. The minimum absolute atomic E-state index is 0.232. The molecule has 3 heteroatoms. The van der Waals surface area contributed by atoms with Crippen LogP contribution in [0.25, 0.3) is 0 Å². The molecular weight excluding hydrogens is 212 g/mol. The predicted molar refractivity (Wildman–Crippen MR) is 69.1 cm³/mol. The molecule has 17 heavy (non-hydrogen) atoms. The van der Waals surface area contributed by atoms with E-state index in [-0.39, 0.29) is 5.41 Å². The molecule has 0 aliphatic heterocycles. The van der Waals surface area contributed by atoms with Gasteiger partial charge >= 0.3 is 0 Å². The highest BCUT2D eigenvalue weighted by atomic mass is 16.3. The zero-order chi connectivity index (χ0) is 13.3. The van der Waals surface area contributed by atoms with E-state index in [9.17, 15) is 5.11 Å². The summed E-state index contributed by atoms with van der Waals surface area (Å²) in [6.45, 7) is 13.2. The van der Waals surface area contributed by atoms with Crippen molar-refractivity contribution < 1.29 is 5.11 Å². The molecule has 0 spiro atoms. The monoisotopic (exact) mass is 236 g/mol. The number of nitrogens with zero attached hydrogens (tertiary/aromatic N) is 2. The van der Waals surface area contributed by atoms with Gasteiger partial charge in [0, 0.05) is 13.1 Å². The Hall–Kier alpha value is -1.01. The van der Waals surface area contributed by atoms with Gasteiger partial charge in [-0.05, 0) is 37.5 Å². The summed E-state index contributed by atoms with van der Waals surface area (Å²) in [5, 5.41) is 18.9. The Morgan fingerprint density at radius 1 is 1.47 bits per heavy atom. The second kappa shape index (κ2) is 4.70. The average Bonchev–Trinajstić information content (AvgIpc) is 2.66. The van der Waals surface area contributed by atoms with Crippen LogP contribution in [0.2, 0.25) is 0 Å². The number of hydrogen-bond acceptors (Lipinski definition) is 3. The van der Waals surface area contributed by atoms with Crippen LogP contribution in [0.5, 0.6) is 0 Å². The highest BCUT2D eigenvalue weighted by Gasteiger charge is 2.58. The summed E-state index contributed by atoms with van der Waals surface area (Å²) in [5.41, 5.74) is -0.386. The van der Waals surface area contributed by atoms with Gasteiger partial charge in [0.25, 0.3) is 0 Å². The van der Waals surface area contributed by atoms with Gasteiger partial charge in [-0.1, -0.05) is 19.9 Å². The van der Waals surface area contributed by atoms with Gasteiger partial charge in [-0.2, -0.15) is 5.26 Å². The number of rotatable bonds is 6. The van der Waals surface area contributed by atoms with Crippen molar-refractivity contribution in [3.05, 3.63) is 12.7 Å². The number of nitriles is 1. The van der Waals surface area contributed by atoms with Gasteiger partial charge in [-0.15, -0.1) is 6.58 Å². The molecule has 0 aromatic rings. The third-order valence-corrected chi connectivity index (χ3v) is 3.92. The van der Waals surface area contributed by atoms with Crippen molar-refractivity contribution >= 4 is 0 Å². The SMILES string of the molecule is C=CCN(C#N)C[C@@H]1[C@@H](CC(C)(C)O)C1(C)C. The molecule has 1 saturated carbocycles. The van der Waals surface area contributed by atoms with Crippen LogP contribution in [0.4, 0.5) is 0 Å². The first-order valence-corrected chi connectivity index (χ1v) is 6.20. The van der Waals surface area contributed by atoms with Crippen LogP contribution < -0.4 is 0 Å². The van der Waals surface area contributed by atoms with Crippen LogP contribution in [0.15, 0.2) is 12.7 Å². The van der Waals surface area contributed by atoms with E-state index in [4.69, 9.17) is 5.26 Å². The summed E-state index contributed by atoms with van der Waals surface area (Å²) in [7, 11) is 0. The average molecular weight is 236 g/mol. The van der Waals surface area contributed by atoms with E-state index >= 15 is 0 Å². The molecule has 0 radical (unpaired) electrons. The normalized spacial score (nSPS) is 26.1. The number of hydrogen-bond donors (Lipinski definition) is 1. The van der Waals surface area contributed by atoms with Gasteiger partial charge in [0.15, 0.2) is 6.19 Å². The van der Waals surface area contributed by atoms with E-state index < -0.39 is 5.60 Å². The lowest BCUT2D eigenvalue weighted by Crippen LogP contribution is -2.23. The van der Waals surface area contributed by atoms with E-state index in [2.05, 4.69) is 26.6 Å². The first-order chi connectivity index (χ1) is 7.72. The number of aliphatic hydroxyl groups is 1. The Balaban J connectivity index is 2.56. The smallest absolute Gasteiger partial charge is 0.179 e. The van der Waals surface area contributed by atoms with Gasteiger partial charge < -0.3 is 10.0 Å². The molecule has 3 nitrogen and oxygen atoms in total. The lowest BCUT2D eigenvalue weighted by atomic mass is 9.97. The van der Waals surface area contributed by atoms with Crippen LogP contribution in [0, 0.1) is 28.7 Å². The van der Waals surface area contributed by atoms with Crippen LogP contribution in [-0.2, 0) is 0 Å². The third-order valence-electron chi connectivity index (χ3n) is 3.92. The molecule has 0 aromatic carbocycles. The minimum Gasteiger partial charge on any atom is -0.390 e. The summed E-state index contributed by atoms with van der Waals surface area (Å²) >= 11 is 0. The Morgan fingerprint density at radius 3 is 2.47 bits per heavy atom. The molecule has 96 valence electrons. The zero-order valence-corrected chi connectivity index (χ0v) is 11.4. The largest absolute Gasteiger partial charge is 0.390 e. The molecule has 0 bridgehead atoms. The van der Waals surface area contributed by atoms with Gasteiger partial charge in [-0.3, -0.25) is 0 Å². The summed E-state index contributed by atoms with van der Waals surface area (Å²) in [6.07, 6.45) is 4.75. The molecule has 1 aliphatic carbocycles. The van der Waals surface area contributed by atoms with Crippen molar-refractivity contribution in [3.63, 3.8) is 0 Å². The maximum absolute atomic E-state index is 9.88. The van der Waals surface area contributed by atoms with Gasteiger partial charge in [0.2, 0.25) is 0 Å². The maximum Gasteiger partial charge on any atom is 0.179 e. The lowest BCUT2D eigenvalue weighted by Gasteiger charge is -2.18. The fourth-order valence-electron chi connectivity index (χ4n) is 2.71. The molecule has 1 fully saturated rings. The summed E-state index contributed by atoms with van der Waals surface area (Å²) in [5.74, 6) is 0.997. The molecule has 1 N–H and O–H groups in total. The summed E-state index contributed by atoms with van der Waals surface area (Å²) < 4.78 is 0. The minimum atomic E-state index is -0.618. The van der Waals surface area contributed by atoms with Crippen molar-refractivity contribution in [1.29, 1.82) is 5.26 Å². The molecular formula is C14H24N2O. The van der Waals surface area contributed by atoms with Crippen LogP contribution in [-0.4, -0.2) is 28.7 Å². The Bertz CT molecular complexity index is 322. The van der Waals surface area contributed by atoms with Crippen LogP contribution in [0.1, 0.15) is 34.1 Å². The molecule has 2 atom stereocenters. The van der Waals surface area contributed by atoms with Gasteiger partial charge in [-0.25, -0.2) is 0 Å². The Labute approximate surface area is 105 Å². The molecule has 1 rings (SSSR count). The topological polar surface area (TPSA) is 47.3 Å². The summed E-state index contributed by atoms with van der Waals surface area (Å²) in [4.78, 5) is 1.74. The van der Waals surface area contributed by atoms with Gasteiger partial charge in [0.05, 0.1) is 5.60 Å². The van der Waals surface area contributed by atoms with Crippen molar-refractivity contribution in [2.75, 3.05) is 13.1 Å². The quantitative estimate of drug-likeness (QED) is 0.437. The van der Waals surface area contributed by atoms with E-state index in [1.807, 2.05) is 13.8 Å². The lowest BCUT2D eigenvalue weighted by molar-refractivity contribution is 0.0600. The van der Waals surface area contributed by atoms with Crippen molar-refractivity contribution in [2.45, 2.75) is 39.7 Å². The Kier molecular flexibility index (Phi) is 3.88. The van der Waals surface area contributed by atoms with E-state index in [0.29, 0.717) is 18.4 Å². The maximum atomic E-state index is 9.88. The molecule has 0 heterocycles. The third kappa shape index (κ3) is 3.47.